The first-order valence-corrected chi connectivity index (χ1v) is 7.98. The maximum absolute atomic E-state index is 12.3. The van der Waals surface area contributed by atoms with Crippen LogP contribution in [0.1, 0.15) is 19.3 Å². The Kier molecular flexibility index (Phi) is 3.39. The normalized spacial score (nSPS) is 17.1. The highest BCUT2D eigenvalue weighted by Gasteiger charge is 2.46. The van der Waals surface area contributed by atoms with E-state index in [0.717, 1.165) is 12.8 Å². The molecular formula is C12H13BrN2O2S. The molecular weight excluding hydrogens is 316 g/mol. The van der Waals surface area contributed by atoms with Gasteiger partial charge >= 0.3 is 0 Å². The summed E-state index contributed by atoms with van der Waals surface area (Å²) in [4.78, 5) is 0.154. The molecule has 96 valence electrons. The highest BCUT2D eigenvalue weighted by molar-refractivity contribution is 9.10. The molecule has 0 bridgehead atoms. The van der Waals surface area contributed by atoms with Gasteiger partial charge in [-0.1, -0.05) is 15.9 Å². The van der Waals surface area contributed by atoms with Crippen molar-refractivity contribution in [3.8, 4) is 6.07 Å². The van der Waals surface area contributed by atoms with Crippen molar-refractivity contribution in [2.45, 2.75) is 24.2 Å². The molecule has 18 heavy (non-hydrogen) atoms. The summed E-state index contributed by atoms with van der Waals surface area (Å²) in [6, 6.07) is 6.86. The Morgan fingerprint density at radius 3 is 2.67 bits per heavy atom. The van der Waals surface area contributed by atoms with E-state index in [2.05, 4.69) is 22.0 Å². The van der Waals surface area contributed by atoms with Crippen LogP contribution >= 0.6 is 15.9 Å². The second-order valence-corrected chi connectivity index (χ2v) is 7.65. The van der Waals surface area contributed by atoms with Crippen LogP contribution in [0.25, 0.3) is 0 Å². The molecule has 0 aromatic heterocycles. The maximum atomic E-state index is 12.3. The number of sulfone groups is 1. The van der Waals surface area contributed by atoms with Crippen molar-refractivity contribution in [2.75, 3.05) is 11.5 Å². The lowest BCUT2D eigenvalue weighted by Crippen LogP contribution is -2.18. The van der Waals surface area contributed by atoms with Gasteiger partial charge in [0.1, 0.15) is 0 Å². The molecule has 1 aromatic carbocycles. The molecule has 2 rings (SSSR count). The fourth-order valence-corrected chi connectivity index (χ4v) is 4.57. The molecule has 1 aliphatic rings. The lowest BCUT2D eigenvalue weighted by molar-refractivity contribution is 0.548. The predicted molar refractivity (Wildman–Crippen MR) is 72.5 cm³/mol. The van der Waals surface area contributed by atoms with Gasteiger partial charge in [0, 0.05) is 10.9 Å². The van der Waals surface area contributed by atoms with Crippen LogP contribution in [-0.4, -0.2) is 14.2 Å². The molecule has 0 radical (unpaired) electrons. The molecule has 0 atom stereocenters. The number of nitriles is 1. The van der Waals surface area contributed by atoms with Gasteiger partial charge in [0.25, 0.3) is 0 Å². The van der Waals surface area contributed by atoms with Crippen LogP contribution in [0.2, 0.25) is 0 Å². The van der Waals surface area contributed by atoms with Crippen molar-refractivity contribution in [1.82, 2.24) is 0 Å². The zero-order chi connectivity index (χ0) is 13.4. The number of hydrogen-bond donors (Lipinski definition) is 1. The van der Waals surface area contributed by atoms with Crippen LogP contribution in [0.15, 0.2) is 27.6 Å². The van der Waals surface area contributed by atoms with Gasteiger partial charge < -0.3 is 5.73 Å². The minimum atomic E-state index is -3.44. The van der Waals surface area contributed by atoms with Gasteiger partial charge in [-0.3, -0.25) is 0 Å². The van der Waals surface area contributed by atoms with E-state index < -0.39 is 9.84 Å². The fraction of sp³-hybridized carbons (Fsp3) is 0.417. The molecule has 4 nitrogen and oxygen atoms in total. The van der Waals surface area contributed by atoms with Crippen LogP contribution < -0.4 is 5.73 Å². The van der Waals surface area contributed by atoms with Gasteiger partial charge in [-0.25, -0.2) is 8.42 Å². The number of benzene rings is 1. The molecule has 1 aliphatic carbocycles. The van der Waals surface area contributed by atoms with Crippen molar-refractivity contribution >= 4 is 31.5 Å². The third-order valence-corrected chi connectivity index (χ3v) is 5.73. The maximum Gasteiger partial charge on any atom is 0.181 e. The molecule has 0 saturated heterocycles. The zero-order valence-electron chi connectivity index (χ0n) is 9.69. The summed E-state index contributed by atoms with van der Waals surface area (Å²) >= 11 is 3.24. The number of nitrogens with two attached hydrogens (primary N) is 1. The Bertz CT molecular complexity index is 615. The van der Waals surface area contributed by atoms with Crippen LogP contribution in [-0.2, 0) is 9.84 Å². The van der Waals surface area contributed by atoms with E-state index in [1.165, 1.54) is 6.07 Å². The molecule has 1 saturated carbocycles. The average molecular weight is 329 g/mol. The lowest BCUT2D eigenvalue weighted by Gasteiger charge is -2.13. The smallest absolute Gasteiger partial charge is 0.181 e. The summed E-state index contributed by atoms with van der Waals surface area (Å²) in [6.07, 6.45) is 1.89. The topological polar surface area (TPSA) is 84.0 Å². The second-order valence-electron chi connectivity index (χ2n) is 4.78. The SMILES string of the molecule is N#CCC1(CS(=O)(=O)c2cc(Br)ccc2N)CC1. The molecule has 0 aliphatic heterocycles. The summed E-state index contributed by atoms with van der Waals surface area (Å²) in [5, 5.41) is 8.73. The van der Waals surface area contributed by atoms with Crippen molar-refractivity contribution < 1.29 is 8.42 Å². The quantitative estimate of drug-likeness (QED) is 0.860. The van der Waals surface area contributed by atoms with Gasteiger partial charge in [-0.2, -0.15) is 5.26 Å². The zero-order valence-corrected chi connectivity index (χ0v) is 12.1. The Labute approximate surface area is 115 Å². The van der Waals surface area contributed by atoms with Crippen molar-refractivity contribution in [3.63, 3.8) is 0 Å². The first kappa shape index (κ1) is 13.4. The minimum absolute atomic E-state index is 0.00815. The Balaban J connectivity index is 2.32. The van der Waals surface area contributed by atoms with E-state index in [9.17, 15) is 8.42 Å². The first-order valence-electron chi connectivity index (χ1n) is 5.53. The highest BCUT2D eigenvalue weighted by atomic mass is 79.9. The predicted octanol–water partition coefficient (Wildman–Crippen LogP) is 2.50. The molecule has 1 fully saturated rings. The largest absolute Gasteiger partial charge is 0.398 e. The van der Waals surface area contributed by atoms with E-state index in [-0.39, 0.29) is 21.8 Å². The Morgan fingerprint density at radius 1 is 1.44 bits per heavy atom. The number of rotatable bonds is 4. The van der Waals surface area contributed by atoms with Gasteiger partial charge in [0.05, 0.1) is 22.4 Å². The molecule has 0 amide bonds. The summed E-state index contributed by atoms with van der Waals surface area (Å²) in [7, 11) is -3.44. The van der Waals surface area contributed by atoms with E-state index in [1.54, 1.807) is 12.1 Å². The fourth-order valence-electron chi connectivity index (χ4n) is 1.98. The van der Waals surface area contributed by atoms with Gasteiger partial charge in [-0.15, -0.1) is 0 Å². The lowest BCUT2D eigenvalue weighted by atomic mass is 10.1. The van der Waals surface area contributed by atoms with Gasteiger partial charge in [0.15, 0.2) is 9.84 Å². The Morgan fingerprint density at radius 2 is 2.11 bits per heavy atom. The Hall–Kier alpha value is -1.06. The third kappa shape index (κ3) is 2.68. The number of nitrogen functional groups attached to an aromatic ring is 1. The summed E-state index contributed by atoms with van der Waals surface area (Å²) in [5.74, 6) is 0.00815. The second kappa shape index (κ2) is 4.56. The average Bonchev–Trinajstić information content (AvgIpc) is 3.01. The molecule has 2 N–H and O–H groups in total. The number of nitrogens with zero attached hydrogens (tertiary/aromatic N) is 1. The number of hydrogen-bond acceptors (Lipinski definition) is 4. The van der Waals surface area contributed by atoms with Crippen LogP contribution in [0.5, 0.6) is 0 Å². The van der Waals surface area contributed by atoms with Crippen LogP contribution in [0.3, 0.4) is 0 Å². The van der Waals surface area contributed by atoms with Crippen molar-refractivity contribution in [2.24, 2.45) is 5.41 Å². The van der Waals surface area contributed by atoms with Crippen LogP contribution in [0, 0.1) is 16.7 Å². The molecule has 0 heterocycles. The van der Waals surface area contributed by atoms with E-state index in [4.69, 9.17) is 11.0 Å². The molecule has 0 unspecified atom stereocenters. The monoisotopic (exact) mass is 328 g/mol. The van der Waals surface area contributed by atoms with Crippen molar-refractivity contribution in [1.29, 1.82) is 5.26 Å². The standard InChI is InChI=1S/C12H13BrN2O2S/c13-9-1-2-10(15)11(7-9)18(16,17)8-12(3-4-12)5-6-14/h1-2,7H,3-5,8,15H2. The van der Waals surface area contributed by atoms with Gasteiger partial charge in [0.2, 0.25) is 0 Å². The van der Waals surface area contributed by atoms with Crippen molar-refractivity contribution in [3.05, 3.63) is 22.7 Å². The first-order chi connectivity index (χ1) is 8.38. The third-order valence-electron chi connectivity index (χ3n) is 3.22. The molecule has 6 heteroatoms. The minimum Gasteiger partial charge on any atom is -0.398 e. The summed E-state index contributed by atoms with van der Waals surface area (Å²) < 4.78 is 25.3. The molecule has 1 aromatic rings. The number of anilines is 1. The highest BCUT2D eigenvalue weighted by Crippen LogP contribution is 2.50. The summed E-state index contributed by atoms with van der Waals surface area (Å²) in [5.41, 5.74) is 5.63. The van der Waals surface area contributed by atoms with E-state index in [0.29, 0.717) is 10.9 Å². The van der Waals surface area contributed by atoms with E-state index in [1.807, 2.05) is 0 Å². The molecule has 0 spiro atoms. The van der Waals surface area contributed by atoms with Gasteiger partial charge in [-0.05, 0) is 36.5 Å². The van der Waals surface area contributed by atoms with E-state index >= 15 is 0 Å². The number of halogens is 1. The van der Waals surface area contributed by atoms with Crippen LogP contribution in [0.4, 0.5) is 5.69 Å². The summed E-state index contributed by atoms with van der Waals surface area (Å²) in [6.45, 7) is 0.